The van der Waals surface area contributed by atoms with E-state index in [9.17, 15) is 5.11 Å². The smallest absolute Gasteiger partial charge is 0.152 e. The molecule has 1 spiro atoms. The molecule has 2 aliphatic rings. The van der Waals surface area contributed by atoms with E-state index in [0.29, 0.717) is 5.69 Å². The number of hydrogen-bond acceptors (Lipinski definition) is 7. The number of benzene rings is 1. The summed E-state index contributed by atoms with van der Waals surface area (Å²) in [6.45, 7) is 1.62. The second-order valence-electron chi connectivity index (χ2n) is 8.16. The Labute approximate surface area is 180 Å². The van der Waals surface area contributed by atoms with Crippen LogP contribution in [0.3, 0.4) is 0 Å². The van der Waals surface area contributed by atoms with Gasteiger partial charge in [-0.15, -0.1) is 11.3 Å². The third-order valence-electron chi connectivity index (χ3n) is 6.51. The summed E-state index contributed by atoms with van der Waals surface area (Å²) in [4.78, 5) is 16.6. The van der Waals surface area contributed by atoms with Gasteiger partial charge in [-0.25, -0.2) is 9.97 Å². The molecule has 7 heteroatoms. The van der Waals surface area contributed by atoms with Crippen LogP contribution in [0.15, 0.2) is 42.2 Å². The molecule has 30 heavy (non-hydrogen) atoms. The van der Waals surface area contributed by atoms with Gasteiger partial charge in [0.1, 0.15) is 5.69 Å². The minimum absolute atomic E-state index is 0.0958. The molecule has 3 heterocycles. The van der Waals surface area contributed by atoms with Crippen LogP contribution in [0.1, 0.15) is 46.3 Å². The van der Waals surface area contributed by atoms with E-state index in [1.807, 2.05) is 18.3 Å². The fraction of sp³-hybridized carbons (Fsp3) is 0.348. The summed E-state index contributed by atoms with van der Waals surface area (Å²) in [7, 11) is 0. The molecular weight excluding hydrogens is 394 g/mol. The first-order valence-electron chi connectivity index (χ1n) is 10.3. The zero-order valence-electron chi connectivity index (χ0n) is 16.7. The quantitative estimate of drug-likeness (QED) is 0.674. The lowest BCUT2D eigenvalue weighted by molar-refractivity contribution is 0.186. The Balaban J connectivity index is 1.31. The van der Waals surface area contributed by atoms with Gasteiger partial charge in [0, 0.05) is 30.2 Å². The Morgan fingerprint density at radius 2 is 2.03 bits per heavy atom. The summed E-state index contributed by atoms with van der Waals surface area (Å²) >= 11 is 1.57. The number of fused-ring (bicyclic) bond motifs is 1. The number of aliphatic hydroxyl groups excluding tert-OH is 1. The lowest BCUT2D eigenvalue weighted by Gasteiger charge is -2.42. The Bertz CT molecular complexity index is 1060. The largest absolute Gasteiger partial charge is 0.390 e. The van der Waals surface area contributed by atoms with Crippen LogP contribution in [0.25, 0.3) is 12.2 Å². The maximum Gasteiger partial charge on any atom is 0.152 e. The molecular formula is C23H25N5OS. The molecule has 1 aliphatic heterocycles. The lowest BCUT2D eigenvalue weighted by Crippen LogP contribution is -2.45. The molecule has 1 atom stereocenters. The van der Waals surface area contributed by atoms with Crippen molar-refractivity contribution in [1.82, 2.24) is 15.0 Å². The van der Waals surface area contributed by atoms with Crippen molar-refractivity contribution in [1.29, 1.82) is 0 Å². The zero-order valence-corrected chi connectivity index (χ0v) is 17.6. The van der Waals surface area contributed by atoms with E-state index in [1.54, 1.807) is 23.0 Å². The van der Waals surface area contributed by atoms with E-state index < -0.39 is 0 Å². The summed E-state index contributed by atoms with van der Waals surface area (Å²) in [5.41, 5.74) is 12.7. The van der Waals surface area contributed by atoms with E-state index in [1.165, 1.54) is 11.1 Å². The topological polar surface area (TPSA) is 88.2 Å². The van der Waals surface area contributed by atoms with E-state index in [0.717, 1.165) is 48.7 Å². The molecule has 1 fully saturated rings. The number of nitrogens with zero attached hydrogens (tertiary/aromatic N) is 4. The third-order valence-corrected chi connectivity index (χ3v) is 7.25. The van der Waals surface area contributed by atoms with E-state index in [2.05, 4.69) is 44.1 Å². The van der Waals surface area contributed by atoms with Crippen molar-refractivity contribution in [3.63, 3.8) is 0 Å². The van der Waals surface area contributed by atoms with Crippen LogP contribution in [0.5, 0.6) is 0 Å². The van der Waals surface area contributed by atoms with Gasteiger partial charge in [0.2, 0.25) is 0 Å². The van der Waals surface area contributed by atoms with Crippen molar-refractivity contribution >= 4 is 29.3 Å². The predicted molar refractivity (Wildman–Crippen MR) is 120 cm³/mol. The minimum Gasteiger partial charge on any atom is -0.390 e. The number of thiazole rings is 1. The summed E-state index contributed by atoms with van der Waals surface area (Å²) in [6.07, 6.45) is 10.5. The molecule has 0 saturated carbocycles. The van der Waals surface area contributed by atoms with E-state index >= 15 is 0 Å². The Hall–Kier alpha value is -2.61. The summed E-state index contributed by atoms with van der Waals surface area (Å²) in [5.74, 6) is 0.784. The molecule has 0 radical (unpaired) electrons. The number of hydrogen-bond donors (Lipinski definition) is 2. The highest BCUT2D eigenvalue weighted by molar-refractivity contribution is 7.10. The number of aliphatic hydroxyl groups is 1. The number of piperidine rings is 1. The van der Waals surface area contributed by atoms with Crippen molar-refractivity contribution in [2.24, 2.45) is 11.1 Å². The van der Waals surface area contributed by atoms with Crippen LogP contribution in [-0.4, -0.2) is 33.1 Å². The lowest BCUT2D eigenvalue weighted by atomic mass is 9.73. The standard InChI is InChI=1S/C23H25N5OS/c24-21-19-4-2-1-3-16(19)11-23(21)7-9-28(10-8-23)22-20(14-29)27-17(12-26-22)5-6-18-13-25-15-30-18/h1-6,12-13,15,21,29H,7-11,14,24H2/b6-5-/t21-/m1/s1. The van der Waals surface area contributed by atoms with Crippen LogP contribution in [0.2, 0.25) is 0 Å². The van der Waals surface area contributed by atoms with Crippen LogP contribution in [-0.2, 0) is 13.0 Å². The second kappa shape index (κ2) is 7.91. The normalized spacial score (nSPS) is 20.2. The maximum atomic E-state index is 9.91. The minimum atomic E-state index is -0.128. The molecule has 3 aromatic rings. The maximum absolute atomic E-state index is 9.91. The molecule has 2 aromatic heterocycles. The van der Waals surface area contributed by atoms with Gasteiger partial charge >= 0.3 is 0 Å². The third kappa shape index (κ3) is 3.43. The molecule has 0 unspecified atom stereocenters. The number of aromatic nitrogens is 3. The first-order valence-corrected chi connectivity index (χ1v) is 11.2. The monoisotopic (exact) mass is 419 g/mol. The van der Waals surface area contributed by atoms with Crippen LogP contribution < -0.4 is 10.6 Å². The predicted octanol–water partition coefficient (Wildman–Crippen LogP) is 3.44. The molecule has 1 saturated heterocycles. The van der Waals surface area contributed by atoms with Crippen molar-refractivity contribution in [2.75, 3.05) is 18.0 Å². The highest BCUT2D eigenvalue weighted by Gasteiger charge is 2.46. The second-order valence-corrected chi connectivity index (χ2v) is 9.08. The molecule has 3 N–H and O–H groups in total. The van der Waals surface area contributed by atoms with E-state index in [-0.39, 0.29) is 18.1 Å². The van der Waals surface area contributed by atoms with Crippen molar-refractivity contribution in [2.45, 2.75) is 31.9 Å². The fourth-order valence-electron chi connectivity index (χ4n) is 4.83. The Morgan fingerprint density at radius 1 is 1.20 bits per heavy atom. The van der Waals surface area contributed by atoms with Gasteiger partial charge in [-0.1, -0.05) is 24.3 Å². The number of anilines is 1. The van der Waals surface area contributed by atoms with Gasteiger partial charge in [0.15, 0.2) is 5.82 Å². The molecule has 1 aromatic carbocycles. The van der Waals surface area contributed by atoms with Crippen LogP contribution >= 0.6 is 11.3 Å². The van der Waals surface area contributed by atoms with Gasteiger partial charge in [0.05, 0.1) is 24.0 Å². The Kier molecular flexibility index (Phi) is 5.10. The average molecular weight is 420 g/mol. The van der Waals surface area contributed by atoms with E-state index in [4.69, 9.17) is 5.73 Å². The van der Waals surface area contributed by atoms with Crippen molar-refractivity contribution in [3.05, 3.63) is 69.6 Å². The Morgan fingerprint density at radius 3 is 2.77 bits per heavy atom. The molecule has 0 amide bonds. The first kappa shape index (κ1) is 19.4. The molecule has 154 valence electrons. The van der Waals surface area contributed by atoms with Crippen LogP contribution in [0, 0.1) is 5.41 Å². The van der Waals surface area contributed by atoms with Crippen LogP contribution in [0.4, 0.5) is 5.82 Å². The van der Waals surface area contributed by atoms with Crippen molar-refractivity contribution < 1.29 is 5.11 Å². The van der Waals surface area contributed by atoms with Gasteiger partial charge in [-0.05, 0) is 48.0 Å². The molecule has 1 aliphatic carbocycles. The molecule has 6 nitrogen and oxygen atoms in total. The number of nitrogens with two attached hydrogens (primary N) is 1. The summed E-state index contributed by atoms with van der Waals surface area (Å²) in [6, 6.07) is 8.67. The highest BCUT2D eigenvalue weighted by Crippen LogP contribution is 2.50. The fourth-order valence-corrected chi connectivity index (χ4v) is 5.34. The number of rotatable bonds is 4. The summed E-state index contributed by atoms with van der Waals surface area (Å²) < 4.78 is 0. The van der Waals surface area contributed by atoms with Gasteiger partial charge in [-0.3, -0.25) is 4.98 Å². The van der Waals surface area contributed by atoms with Gasteiger partial charge in [0.25, 0.3) is 0 Å². The first-order chi connectivity index (χ1) is 14.7. The summed E-state index contributed by atoms with van der Waals surface area (Å²) in [5, 5.41) is 9.91. The molecule has 5 rings (SSSR count). The highest BCUT2D eigenvalue weighted by atomic mass is 32.1. The average Bonchev–Trinajstić information content (AvgIpc) is 3.40. The van der Waals surface area contributed by atoms with Crippen molar-refractivity contribution in [3.8, 4) is 0 Å². The zero-order chi connectivity index (χ0) is 20.6. The van der Waals surface area contributed by atoms with Gasteiger partial charge in [-0.2, -0.15) is 0 Å². The molecule has 0 bridgehead atoms. The van der Waals surface area contributed by atoms with Gasteiger partial charge < -0.3 is 15.7 Å². The SMILES string of the molecule is N[C@@H]1c2ccccc2CC12CCN(c1ncc(/C=C\c3cncs3)nc1CO)CC2.